The molecule has 0 spiro atoms. The molecular weight excluding hydrogens is 334 g/mol. The van der Waals surface area contributed by atoms with Crippen molar-refractivity contribution in [2.75, 3.05) is 0 Å². The molecule has 2 fully saturated rings. The van der Waals surface area contributed by atoms with Gasteiger partial charge in [-0.1, -0.05) is 58.8 Å². The highest BCUT2D eigenvalue weighted by atomic mass is 16.5. The second-order valence-corrected chi connectivity index (χ2v) is 9.20. The van der Waals surface area contributed by atoms with Crippen LogP contribution in [-0.2, 0) is 9.53 Å². The van der Waals surface area contributed by atoms with Crippen LogP contribution in [0.4, 0.5) is 0 Å². The normalized spacial score (nSPS) is 31.2. The first-order valence-corrected chi connectivity index (χ1v) is 11.7. The summed E-state index contributed by atoms with van der Waals surface area (Å²) in [4.78, 5) is 12.6. The molecule has 2 aliphatic rings. The Bertz CT molecular complexity index is 465. The lowest BCUT2D eigenvalue weighted by Gasteiger charge is -2.35. The van der Waals surface area contributed by atoms with Crippen LogP contribution in [0.25, 0.3) is 0 Å². The number of nitriles is 1. The number of nitrogens with zero attached hydrogens (tertiary/aromatic N) is 1. The van der Waals surface area contributed by atoms with Gasteiger partial charge in [-0.05, 0) is 63.7 Å². The zero-order chi connectivity index (χ0) is 19.5. The number of esters is 1. The summed E-state index contributed by atoms with van der Waals surface area (Å²) in [6.45, 7) is 4.46. The van der Waals surface area contributed by atoms with Crippen LogP contribution < -0.4 is 0 Å². The summed E-state index contributed by atoms with van der Waals surface area (Å²) in [7, 11) is 0. The molecule has 2 saturated carbocycles. The molecule has 0 N–H and O–H groups in total. The predicted octanol–water partition coefficient (Wildman–Crippen LogP) is 6.95. The van der Waals surface area contributed by atoms with Gasteiger partial charge in [0.1, 0.15) is 6.10 Å². The Balaban J connectivity index is 1.68. The summed E-state index contributed by atoms with van der Waals surface area (Å²) in [5.74, 6) is 0.894. The standard InChI is InChI=1S/C24H41NO2/c1-3-5-7-9-20-10-12-22(13-11-20)27-23(26)21-14-17-24(19-25,18-15-21)16-8-6-4-2/h20-22H,3-18H2,1-2H3/t20-,21-,22-,24+. The Morgan fingerprint density at radius 1 is 0.963 bits per heavy atom. The third-order valence-electron chi connectivity index (χ3n) is 7.06. The number of ether oxygens (including phenoxy) is 1. The van der Waals surface area contributed by atoms with E-state index >= 15 is 0 Å². The Kier molecular flexibility index (Phi) is 9.66. The lowest BCUT2D eigenvalue weighted by atomic mass is 9.69. The Hall–Kier alpha value is -1.04. The van der Waals surface area contributed by atoms with Crippen LogP contribution in [0.3, 0.4) is 0 Å². The first kappa shape index (κ1) is 22.3. The van der Waals surface area contributed by atoms with Crippen molar-refractivity contribution >= 4 is 5.97 Å². The lowest BCUT2D eigenvalue weighted by molar-refractivity contribution is -0.157. The SMILES string of the molecule is CCCCC[C@H]1CC[C@H](OC(=O)[C@H]2CC[C@](C#N)(CCCCC)CC2)CC1. The zero-order valence-corrected chi connectivity index (χ0v) is 17.8. The minimum absolute atomic E-state index is 0.0181. The second kappa shape index (κ2) is 11.7. The molecule has 0 amide bonds. The van der Waals surface area contributed by atoms with Gasteiger partial charge in [-0.2, -0.15) is 5.26 Å². The highest BCUT2D eigenvalue weighted by Gasteiger charge is 2.38. The predicted molar refractivity (Wildman–Crippen MR) is 110 cm³/mol. The van der Waals surface area contributed by atoms with Gasteiger partial charge in [-0.25, -0.2) is 0 Å². The van der Waals surface area contributed by atoms with Crippen molar-refractivity contribution in [1.29, 1.82) is 5.26 Å². The minimum atomic E-state index is -0.178. The molecule has 2 rings (SSSR count). The molecule has 3 heteroatoms. The van der Waals surface area contributed by atoms with Crippen LogP contribution in [0.2, 0.25) is 0 Å². The lowest BCUT2D eigenvalue weighted by Crippen LogP contribution is -2.33. The van der Waals surface area contributed by atoms with Gasteiger partial charge in [-0.3, -0.25) is 4.79 Å². The van der Waals surface area contributed by atoms with Crippen molar-refractivity contribution in [1.82, 2.24) is 0 Å². The van der Waals surface area contributed by atoms with Crippen molar-refractivity contribution in [2.24, 2.45) is 17.3 Å². The number of carbonyl (C=O) groups excluding carboxylic acids is 1. The van der Waals surface area contributed by atoms with Crippen LogP contribution >= 0.6 is 0 Å². The number of carbonyl (C=O) groups is 1. The van der Waals surface area contributed by atoms with E-state index in [4.69, 9.17) is 4.74 Å². The molecule has 154 valence electrons. The third-order valence-corrected chi connectivity index (χ3v) is 7.06. The summed E-state index contributed by atoms with van der Waals surface area (Å²) < 4.78 is 5.88. The van der Waals surface area contributed by atoms with Crippen molar-refractivity contribution in [3.05, 3.63) is 0 Å². The Morgan fingerprint density at radius 3 is 2.19 bits per heavy atom. The van der Waals surface area contributed by atoms with Gasteiger partial charge in [0.15, 0.2) is 0 Å². The average molecular weight is 376 g/mol. The molecule has 0 aliphatic heterocycles. The number of unbranched alkanes of at least 4 members (excludes halogenated alkanes) is 4. The fourth-order valence-corrected chi connectivity index (χ4v) is 5.02. The van der Waals surface area contributed by atoms with Gasteiger partial charge in [0, 0.05) is 0 Å². The zero-order valence-electron chi connectivity index (χ0n) is 17.8. The summed E-state index contributed by atoms with van der Waals surface area (Å²) in [5.41, 5.74) is -0.178. The summed E-state index contributed by atoms with van der Waals surface area (Å²) in [6.07, 6.45) is 18.0. The van der Waals surface area contributed by atoms with Crippen LogP contribution in [0.1, 0.15) is 117 Å². The van der Waals surface area contributed by atoms with Gasteiger partial charge >= 0.3 is 5.97 Å². The molecule has 27 heavy (non-hydrogen) atoms. The summed E-state index contributed by atoms with van der Waals surface area (Å²) in [6, 6.07) is 2.59. The molecule has 0 heterocycles. The van der Waals surface area contributed by atoms with E-state index in [1.165, 1.54) is 51.4 Å². The molecular formula is C24H41NO2. The molecule has 0 saturated heterocycles. The van der Waals surface area contributed by atoms with E-state index < -0.39 is 0 Å². The maximum atomic E-state index is 12.6. The van der Waals surface area contributed by atoms with Gasteiger partial charge in [0.2, 0.25) is 0 Å². The van der Waals surface area contributed by atoms with E-state index in [9.17, 15) is 10.1 Å². The van der Waals surface area contributed by atoms with Gasteiger partial charge in [0.05, 0.1) is 17.4 Å². The summed E-state index contributed by atoms with van der Waals surface area (Å²) >= 11 is 0. The van der Waals surface area contributed by atoms with Crippen molar-refractivity contribution in [3.63, 3.8) is 0 Å². The number of rotatable bonds is 10. The molecule has 0 aromatic carbocycles. The fourth-order valence-electron chi connectivity index (χ4n) is 5.02. The van der Waals surface area contributed by atoms with Gasteiger partial charge in [0.25, 0.3) is 0 Å². The molecule has 0 radical (unpaired) electrons. The summed E-state index contributed by atoms with van der Waals surface area (Å²) in [5, 5.41) is 9.66. The van der Waals surface area contributed by atoms with Crippen LogP contribution in [-0.4, -0.2) is 12.1 Å². The number of hydrogen-bond acceptors (Lipinski definition) is 3. The van der Waals surface area contributed by atoms with E-state index in [2.05, 4.69) is 19.9 Å². The van der Waals surface area contributed by atoms with Crippen LogP contribution in [0.15, 0.2) is 0 Å². The first-order chi connectivity index (χ1) is 13.1. The highest BCUT2D eigenvalue weighted by molar-refractivity contribution is 5.72. The third kappa shape index (κ3) is 7.13. The quantitative estimate of drug-likeness (QED) is 0.306. The second-order valence-electron chi connectivity index (χ2n) is 9.20. The van der Waals surface area contributed by atoms with Crippen LogP contribution in [0.5, 0.6) is 0 Å². The molecule has 3 nitrogen and oxygen atoms in total. The maximum absolute atomic E-state index is 12.6. The van der Waals surface area contributed by atoms with E-state index in [0.717, 1.165) is 57.3 Å². The molecule has 0 aromatic heterocycles. The molecule has 0 aromatic rings. The Labute approximate surface area is 167 Å². The van der Waals surface area contributed by atoms with Crippen LogP contribution in [0, 0.1) is 28.6 Å². The van der Waals surface area contributed by atoms with Gasteiger partial charge in [-0.15, -0.1) is 0 Å². The van der Waals surface area contributed by atoms with Crippen molar-refractivity contribution < 1.29 is 9.53 Å². The van der Waals surface area contributed by atoms with E-state index in [1.807, 2.05) is 0 Å². The topological polar surface area (TPSA) is 50.1 Å². The van der Waals surface area contributed by atoms with Crippen molar-refractivity contribution in [3.8, 4) is 6.07 Å². The number of hydrogen-bond donors (Lipinski definition) is 0. The van der Waals surface area contributed by atoms with E-state index in [-0.39, 0.29) is 23.4 Å². The Morgan fingerprint density at radius 2 is 1.59 bits per heavy atom. The van der Waals surface area contributed by atoms with Crippen molar-refractivity contribution in [2.45, 2.75) is 123 Å². The molecule has 0 bridgehead atoms. The molecule has 0 atom stereocenters. The molecule has 2 aliphatic carbocycles. The maximum Gasteiger partial charge on any atom is 0.309 e. The smallest absolute Gasteiger partial charge is 0.309 e. The fraction of sp³-hybridized carbons (Fsp3) is 0.917. The monoisotopic (exact) mass is 375 g/mol. The minimum Gasteiger partial charge on any atom is -0.462 e. The first-order valence-electron chi connectivity index (χ1n) is 11.7. The largest absolute Gasteiger partial charge is 0.462 e. The van der Waals surface area contributed by atoms with E-state index in [0.29, 0.717) is 0 Å². The highest BCUT2D eigenvalue weighted by Crippen LogP contribution is 2.43. The average Bonchev–Trinajstić information content (AvgIpc) is 2.70. The van der Waals surface area contributed by atoms with Gasteiger partial charge < -0.3 is 4.74 Å². The molecule has 0 unspecified atom stereocenters. The van der Waals surface area contributed by atoms with E-state index in [1.54, 1.807) is 0 Å².